The van der Waals surface area contributed by atoms with Crippen LogP contribution in [0.1, 0.15) is 46.8 Å². The van der Waals surface area contributed by atoms with Gasteiger partial charge in [-0.2, -0.15) is 0 Å². The van der Waals surface area contributed by atoms with Crippen LogP contribution in [0.4, 0.5) is 0 Å². The summed E-state index contributed by atoms with van der Waals surface area (Å²) in [5, 5.41) is 8.74. The fraction of sp³-hybridized carbons (Fsp3) is 0.0926. The predicted octanol–water partition coefficient (Wildman–Crippen LogP) is 13.9. The van der Waals surface area contributed by atoms with Gasteiger partial charge in [-0.25, -0.2) is 4.99 Å². The van der Waals surface area contributed by atoms with Crippen LogP contribution in [-0.2, 0) is 12.8 Å². The Morgan fingerprint density at radius 2 is 1.28 bits per heavy atom. The quantitative estimate of drug-likeness (QED) is 0.178. The van der Waals surface area contributed by atoms with Gasteiger partial charge >= 0.3 is 0 Å². The molecule has 0 N–H and O–H groups in total. The molecule has 2 aromatic heterocycles. The van der Waals surface area contributed by atoms with E-state index in [0.717, 1.165) is 59.7 Å². The van der Waals surface area contributed by atoms with Crippen molar-refractivity contribution in [3.05, 3.63) is 210 Å². The Balaban J connectivity index is 1.09. The Hall–Kier alpha value is -6.97. The highest BCUT2D eigenvalue weighted by Crippen LogP contribution is 2.47. The van der Waals surface area contributed by atoms with Crippen LogP contribution in [0, 0.1) is 0 Å². The number of allylic oxidation sites excluding steroid dienone is 2. The van der Waals surface area contributed by atoms with Gasteiger partial charge in [-0.05, 0) is 112 Å². The lowest BCUT2D eigenvalue weighted by Crippen LogP contribution is -2.12. The molecule has 3 heterocycles. The zero-order valence-corrected chi connectivity index (χ0v) is 31.5. The van der Waals surface area contributed by atoms with Crippen molar-refractivity contribution in [1.82, 2.24) is 4.57 Å². The molecule has 3 heteroatoms. The largest absolute Gasteiger partial charge is 0.454 e. The number of fused-ring (bicyclic) bond motifs is 12. The zero-order chi connectivity index (χ0) is 37.5. The summed E-state index contributed by atoms with van der Waals surface area (Å²) in [4.78, 5) is 5.83. The second kappa shape index (κ2) is 12.8. The van der Waals surface area contributed by atoms with Crippen molar-refractivity contribution in [3.8, 4) is 16.8 Å². The highest BCUT2D eigenvalue weighted by Gasteiger charge is 2.30. The van der Waals surface area contributed by atoms with Gasteiger partial charge in [0.25, 0.3) is 0 Å². The number of aryl methyl sites for hydroxylation is 2. The number of aromatic nitrogens is 1. The maximum atomic E-state index is 6.89. The number of benzene rings is 8. The number of aliphatic imine (C=N–C) groups is 1. The summed E-state index contributed by atoms with van der Waals surface area (Å²) in [6.45, 7) is 0. The van der Waals surface area contributed by atoms with Crippen LogP contribution in [0.2, 0.25) is 0 Å². The molecule has 1 aliphatic heterocycles. The third-order valence-electron chi connectivity index (χ3n) is 12.5. The Morgan fingerprint density at radius 3 is 2.16 bits per heavy atom. The Labute approximate surface area is 330 Å². The van der Waals surface area contributed by atoms with Gasteiger partial charge in [0.15, 0.2) is 5.76 Å². The summed E-state index contributed by atoms with van der Waals surface area (Å²) in [5.74, 6) is 0.986. The smallest absolute Gasteiger partial charge is 0.157 e. The molecule has 0 saturated heterocycles. The van der Waals surface area contributed by atoms with Crippen molar-refractivity contribution in [2.45, 2.75) is 31.6 Å². The van der Waals surface area contributed by atoms with Crippen molar-refractivity contribution >= 4 is 60.0 Å². The molecule has 1 unspecified atom stereocenters. The van der Waals surface area contributed by atoms with E-state index in [-0.39, 0.29) is 5.92 Å². The van der Waals surface area contributed by atoms with E-state index >= 15 is 0 Å². The van der Waals surface area contributed by atoms with E-state index in [0.29, 0.717) is 0 Å². The van der Waals surface area contributed by atoms with Gasteiger partial charge in [-0.1, -0.05) is 133 Å². The molecular formula is C54H38N2O. The van der Waals surface area contributed by atoms with Crippen molar-refractivity contribution in [3.63, 3.8) is 0 Å². The van der Waals surface area contributed by atoms with E-state index < -0.39 is 0 Å². The number of furan rings is 1. The summed E-state index contributed by atoms with van der Waals surface area (Å²) in [5.41, 5.74) is 14.2. The van der Waals surface area contributed by atoms with Crippen LogP contribution in [0.3, 0.4) is 0 Å². The van der Waals surface area contributed by atoms with Crippen LogP contribution < -0.4 is 0 Å². The van der Waals surface area contributed by atoms with E-state index in [1.54, 1.807) is 0 Å². The molecule has 12 rings (SSSR count). The maximum absolute atomic E-state index is 6.89. The molecule has 10 aromatic rings. The normalized spacial score (nSPS) is 17.3. The monoisotopic (exact) mass is 730 g/mol. The summed E-state index contributed by atoms with van der Waals surface area (Å²) >= 11 is 0. The van der Waals surface area contributed by atoms with Gasteiger partial charge in [0.2, 0.25) is 0 Å². The van der Waals surface area contributed by atoms with Crippen molar-refractivity contribution in [1.29, 1.82) is 0 Å². The van der Waals surface area contributed by atoms with E-state index in [1.807, 2.05) is 0 Å². The molecule has 1 atom stereocenters. The second-order valence-corrected chi connectivity index (χ2v) is 15.7. The summed E-state index contributed by atoms with van der Waals surface area (Å²) in [6, 6.07) is 62.0. The van der Waals surface area contributed by atoms with Crippen molar-refractivity contribution in [2.75, 3.05) is 0 Å². The standard InChI is InChI=1S/C54H38N2O/c1-2-16-39(17-3-1)56-49-23-10-8-19-42(49)47-33-38(27-30-50(47)56)53-54-45(43-20-9-11-24-51(43)57-54)21-12-22-48(55-53)41-28-26-37-31-35-14-4-5-15-36(35)32-46(37)52-40-18-7-6-13-34(40)25-29-44(41)52/h1-11,13-20,22-25,27,29-33,41H,12,21,26,28H2/b48-22-,55-53-. The van der Waals surface area contributed by atoms with E-state index in [1.165, 1.54) is 76.6 Å². The fourth-order valence-electron chi connectivity index (χ4n) is 9.89. The average Bonchev–Trinajstić information content (AvgIpc) is 3.73. The molecule has 1 aliphatic carbocycles. The van der Waals surface area contributed by atoms with Crippen LogP contribution in [0.5, 0.6) is 0 Å². The summed E-state index contributed by atoms with van der Waals surface area (Å²) in [7, 11) is 0. The number of rotatable bonds is 3. The molecule has 0 fully saturated rings. The molecule has 2 aliphatic rings. The first kappa shape index (κ1) is 32.3. The third-order valence-corrected chi connectivity index (χ3v) is 12.5. The summed E-state index contributed by atoms with van der Waals surface area (Å²) < 4.78 is 9.26. The number of hydrogen-bond donors (Lipinski definition) is 0. The highest BCUT2D eigenvalue weighted by atomic mass is 16.3. The van der Waals surface area contributed by atoms with Crippen molar-refractivity contribution in [2.24, 2.45) is 4.99 Å². The molecule has 0 spiro atoms. The Bertz CT molecular complexity index is 3300. The van der Waals surface area contributed by atoms with Crippen LogP contribution in [0.15, 0.2) is 191 Å². The lowest BCUT2D eigenvalue weighted by Gasteiger charge is -2.22. The average molecular weight is 731 g/mol. The second-order valence-electron chi connectivity index (χ2n) is 15.7. The molecule has 8 aromatic carbocycles. The number of hydrogen-bond acceptors (Lipinski definition) is 2. The number of nitrogens with zero attached hydrogens (tertiary/aromatic N) is 2. The van der Waals surface area contributed by atoms with Gasteiger partial charge < -0.3 is 8.98 Å². The molecule has 57 heavy (non-hydrogen) atoms. The fourth-order valence-corrected chi connectivity index (χ4v) is 9.89. The minimum atomic E-state index is 0.102. The van der Waals surface area contributed by atoms with Crippen LogP contribution >= 0.6 is 0 Å². The maximum Gasteiger partial charge on any atom is 0.157 e. The lowest BCUT2D eigenvalue weighted by atomic mass is 9.84. The lowest BCUT2D eigenvalue weighted by molar-refractivity contribution is 0.597. The minimum Gasteiger partial charge on any atom is -0.454 e. The Morgan fingerprint density at radius 1 is 0.561 bits per heavy atom. The van der Waals surface area contributed by atoms with E-state index in [4.69, 9.17) is 9.41 Å². The molecule has 0 bridgehead atoms. The van der Waals surface area contributed by atoms with Crippen LogP contribution in [-0.4, -0.2) is 10.3 Å². The molecule has 0 radical (unpaired) electrons. The molecule has 270 valence electrons. The summed E-state index contributed by atoms with van der Waals surface area (Å²) in [6.07, 6.45) is 6.14. The predicted molar refractivity (Wildman–Crippen MR) is 237 cm³/mol. The highest BCUT2D eigenvalue weighted by molar-refractivity contribution is 6.18. The minimum absolute atomic E-state index is 0.102. The number of para-hydroxylation sites is 3. The van der Waals surface area contributed by atoms with Gasteiger partial charge in [-0.3, -0.25) is 0 Å². The SMILES string of the molecule is C1=C(C2CCc3cc4ccccc4cc3-c3c2ccc2ccccc32)\N=C(\c2ccc3c(c2)c2ccccc2n3-c2ccccc2)c2oc3ccccc3c2CC/1. The first-order chi connectivity index (χ1) is 28.3. The van der Waals surface area contributed by atoms with Crippen molar-refractivity contribution < 1.29 is 4.42 Å². The molecule has 0 saturated carbocycles. The molecule has 0 amide bonds. The first-order valence-corrected chi connectivity index (χ1v) is 20.2. The topological polar surface area (TPSA) is 30.4 Å². The van der Waals surface area contributed by atoms with Gasteiger partial charge in [0, 0.05) is 44.6 Å². The van der Waals surface area contributed by atoms with E-state index in [9.17, 15) is 0 Å². The Kier molecular flexibility index (Phi) is 7.25. The third kappa shape index (κ3) is 5.09. The van der Waals surface area contributed by atoms with Gasteiger partial charge in [0.1, 0.15) is 11.3 Å². The van der Waals surface area contributed by atoms with Crippen LogP contribution in [0.25, 0.3) is 71.1 Å². The van der Waals surface area contributed by atoms with E-state index in [2.05, 4.69) is 181 Å². The zero-order valence-electron chi connectivity index (χ0n) is 31.5. The first-order valence-electron chi connectivity index (χ1n) is 20.2. The van der Waals surface area contributed by atoms with Gasteiger partial charge in [-0.15, -0.1) is 0 Å². The van der Waals surface area contributed by atoms with Gasteiger partial charge in [0.05, 0.1) is 11.0 Å². The molecule has 3 nitrogen and oxygen atoms in total. The molecular weight excluding hydrogens is 693 g/mol.